The van der Waals surface area contributed by atoms with Gasteiger partial charge in [-0.25, -0.2) is 14.5 Å². The number of para-hydroxylation sites is 4. The van der Waals surface area contributed by atoms with E-state index in [2.05, 4.69) is 63.7 Å². The molecule has 4 heterocycles. The van der Waals surface area contributed by atoms with E-state index in [1.54, 1.807) is 0 Å². The first-order chi connectivity index (χ1) is 25.5. The van der Waals surface area contributed by atoms with Gasteiger partial charge in [-0.2, -0.15) is 0 Å². The molecule has 0 spiro atoms. The minimum Gasteiger partial charge on any atom is -0.386 e. The smallest absolute Gasteiger partial charge is 0.346 e. The molecule has 244 valence electrons. The number of carbonyl (C=O) groups is 4. The minimum absolute atomic E-state index is 0.145. The molecule has 11 rings (SSSR count). The van der Waals surface area contributed by atoms with Gasteiger partial charge in [0.1, 0.15) is 0 Å². The highest BCUT2D eigenvalue weighted by molar-refractivity contribution is 6.38. The van der Waals surface area contributed by atoms with Crippen LogP contribution >= 0.6 is 0 Å². The van der Waals surface area contributed by atoms with E-state index >= 15 is 0 Å². The third-order valence-electron chi connectivity index (χ3n) is 10.5. The van der Waals surface area contributed by atoms with E-state index < -0.39 is 23.8 Å². The van der Waals surface area contributed by atoms with Crippen LogP contribution < -0.4 is 4.90 Å². The molecule has 0 bridgehead atoms. The lowest BCUT2D eigenvalue weighted by Gasteiger charge is -2.30. The summed E-state index contributed by atoms with van der Waals surface area (Å²) in [5, 5.41) is 4.86. The average molecular weight is 674 g/mol. The van der Waals surface area contributed by atoms with Crippen molar-refractivity contribution in [2.75, 3.05) is 4.90 Å². The van der Waals surface area contributed by atoms with Crippen LogP contribution in [0.2, 0.25) is 0 Å². The Morgan fingerprint density at radius 3 is 1.10 bits per heavy atom. The molecule has 0 N–H and O–H groups in total. The number of cyclic esters (lactones) is 2. The van der Waals surface area contributed by atoms with Gasteiger partial charge in [0, 0.05) is 43.4 Å². The van der Waals surface area contributed by atoms with E-state index in [4.69, 9.17) is 4.74 Å². The predicted octanol–water partition coefficient (Wildman–Crippen LogP) is 9.15. The fraction of sp³-hybridized carbons (Fsp3) is 0. The van der Waals surface area contributed by atoms with Gasteiger partial charge in [-0.1, -0.05) is 72.8 Å². The molecule has 0 radical (unpaired) electrons. The molecule has 0 saturated carbocycles. The fourth-order valence-electron chi connectivity index (χ4n) is 8.32. The van der Waals surface area contributed by atoms with E-state index in [9.17, 15) is 19.2 Å². The number of aromatic nitrogens is 2. The molecule has 7 aromatic carbocycles. The standard InChI is InChI=1S/C44H23N3O5/c48-41-31-17-19-33-40-34(44(51)52-43(33)50)20-18-32(39(31)40)42(49)47(41)26-22-24(45-35-13-5-1-9-27(35)28-10-2-6-14-36(28)45)21-25(23-26)46-37-15-7-3-11-29(37)30-12-4-8-16-38(30)46/h1-23H. The maximum atomic E-state index is 14.6. The molecule has 52 heavy (non-hydrogen) atoms. The normalized spacial score (nSPS) is 14.0. The Morgan fingerprint density at radius 1 is 0.365 bits per heavy atom. The van der Waals surface area contributed by atoms with Crippen LogP contribution in [0.15, 0.2) is 140 Å². The van der Waals surface area contributed by atoms with Crippen LogP contribution in [0, 0.1) is 0 Å². The Balaban J connectivity index is 1.22. The summed E-state index contributed by atoms with van der Waals surface area (Å²) in [6, 6.07) is 44.7. The van der Waals surface area contributed by atoms with Crippen molar-refractivity contribution in [3.8, 4) is 11.4 Å². The van der Waals surface area contributed by atoms with Gasteiger partial charge in [-0.15, -0.1) is 0 Å². The first-order valence-electron chi connectivity index (χ1n) is 16.9. The topological polar surface area (TPSA) is 90.6 Å². The number of anilines is 1. The second-order valence-corrected chi connectivity index (χ2v) is 13.1. The van der Waals surface area contributed by atoms with Crippen LogP contribution in [0.25, 0.3) is 65.8 Å². The Hall–Kier alpha value is -7.32. The number of fused-ring (bicyclic) bond motifs is 6. The molecule has 0 atom stereocenters. The second kappa shape index (κ2) is 10.1. The molecular weight excluding hydrogens is 651 g/mol. The number of carbonyl (C=O) groups excluding carboxylic acids is 4. The molecule has 2 amide bonds. The maximum Gasteiger partial charge on any atom is 0.346 e. The van der Waals surface area contributed by atoms with Crippen LogP contribution in [0.5, 0.6) is 0 Å². The van der Waals surface area contributed by atoms with Gasteiger partial charge < -0.3 is 13.9 Å². The van der Waals surface area contributed by atoms with Gasteiger partial charge in [0.25, 0.3) is 11.8 Å². The summed E-state index contributed by atoms with van der Waals surface area (Å²) >= 11 is 0. The molecule has 0 fully saturated rings. The van der Waals surface area contributed by atoms with Crippen LogP contribution in [0.4, 0.5) is 5.69 Å². The van der Waals surface area contributed by atoms with Gasteiger partial charge in [-0.3, -0.25) is 9.59 Å². The summed E-state index contributed by atoms with van der Waals surface area (Å²) in [4.78, 5) is 55.9. The number of hydrogen-bond acceptors (Lipinski definition) is 5. The van der Waals surface area contributed by atoms with Gasteiger partial charge in [0.05, 0.1) is 50.3 Å². The zero-order valence-electron chi connectivity index (χ0n) is 27.2. The van der Waals surface area contributed by atoms with E-state index in [1.807, 2.05) is 60.7 Å². The number of rotatable bonds is 3. The maximum absolute atomic E-state index is 14.6. The van der Waals surface area contributed by atoms with Crippen molar-refractivity contribution >= 4 is 83.8 Å². The first kappa shape index (κ1) is 28.5. The van der Waals surface area contributed by atoms with Crippen molar-refractivity contribution in [1.29, 1.82) is 0 Å². The number of benzene rings is 7. The fourth-order valence-corrected chi connectivity index (χ4v) is 8.32. The van der Waals surface area contributed by atoms with Gasteiger partial charge in [0.2, 0.25) is 0 Å². The third-order valence-corrected chi connectivity index (χ3v) is 10.5. The molecule has 8 nitrogen and oxygen atoms in total. The van der Waals surface area contributed by atoms with Gasteiger partial charge >= 0.3 is 11.9 Å². The van der Waals surface area contributed by atoms with Crippen molar-refractivity contribution in [2.24, 2.45) is 0 Å². The van der Waals surface area contributed by atoms with Crippen molar-refractivity contribution in [3.63, 3.8) is 0 Å². The Morgan fingerprint density at radius 2 is 0.692 bits per heavy atom. The van der Waals surface area contributed by atoms with E-state index in [-0.39, 0.29) is 33.0 Å². The lowest BCUT2D eigenvalue weighted by atomic mass is 9.87. The predicted molar refractivity (Wildman–Crippen MR) is 200 cm³/mol. The summed E-state index contributed by atoms with van der Waals surface area (Å²) in [7, 11) is 0. The Labute approximate surface area is 294 Å². The monoisotopic (exact) mass is 673 g/mol. The highest BCUT2D eigenvalue weighted by Gasteiger charge is 2.39. The largest absolute Gasteiger partial charge is 0.386 e. The number of nitrogens with zero attached hydrogens (tertiary/aromatic N) is 3. The summed E-state index contributed by atoms with van der Waals surface area (Å²) in [5.41, 5.74) is 6.54. The highest BCUT2D eigenvalue weighted by Crippen LogP contribution is 2.41. The summed E-state index contributed by atoms with van der Waals surface area (Å²) in [6.45, 7) is 0. The molecule has 2 aromatic heterocycles. The van der Waals surface area contributed by atoms with Gasteiger partial charge in [0.15, 0.2) is 0 Å². The number of amides is 2. The molecule has 2 aliphatic heterocycles. The molecule has 9 aromatic rings. The van der Waals surface area contributed by atoms with Crippen molar-refractivity contribution in [1.82, 2.24) is 9.13 Å². The zero-order chi connectivity index (χ0) is 34.8. The summed E-state index contributed by atoms with van der Waals surface area (Å²) < 4.78 is 9.27. The first-order valence-corrected chi connectivity index (χ1v) is 16.9. The van der Waals surface area contributed by atoms with E-state index in [1.165, 1.54) is 29.2 Å². The van der Waals surface area contributed by atoms with Crippen LogP contribution in [-0.4, -0.2) is 32.9 Å². The zero-order valence-corrected chi connectivity index (χ0v) is 27.2. The molecule has 0 unspecified atom stereocenters. The van der Waals surface area contributed by atoms with Crippen LogP contribution in [0.1, 0.15) is 41.4 Å². The molecule has 2 aliphatic rings. The van der Waals surface area contributed by atoms with Crippen molar-refractivity contribution in [3.05, 3.63) is 162 Å². The van der Waals surface area contributed by atoms with Crippen LogP contribution in [0.3, 0.4) is 0 Å². The quantitative estimate of drug-likeness (QED) is 0.106. The Kier molecular flexibility index (Phi) is 5.55. The summed E-state index contributed by atoms with van der Waals surface area (Å²) in [6.07, 6.45) is 0. The molecule has 0 aliphatic carbocycles. The highest BCUT2D eigenvalue weighted by atomic mass is 16.6. The number of ether oxygens (including phenoxy) is 1. The van der Waals surface area contributed by atoms with E-state index in [0.717, 1.165) is 55.0 Å². The average Bonchev–Trinajstić information content (AvgIpc) is 3.69. The lowest BCUT2D eigenvalue weighted by Crippen LogP contribution is -2.41. The number of esters is 2. The van der Waals surface area contributed by atoms with Crippen molar-refractivity contribution in [2.45, 2.75) is 0 Å². The third kappa shape index (κ3) is 3.64. The van der Waals surface area contributed by atoms with Gasteiger partial charge in [-0.05, 0) is 66.7 Å². The molecule has 8 heteroatoms. The number of imide groups is 1. The SMILES string of the molecule is O=C1OC(=O)c2ccc3c4c(ccc1c24)C(=O)N(c1cc(-n2c4ccccc4c4ccccc42)cc(-n2c4ccccc4c4ccccc42)c1)C3=O. The number of hydrogen-bond donors (Lipinski definition) is 0. The minimum atomic E-state index is -0.807. The molecular formula is C44H23N3O5. The summed E-state index contributed by atoms with van der Waals surface area (Å²) in [5.74, 6) is -2.73. The second-order valence-electron chi connectivity index (χ2n) is 13.1. The molecule has 0 saturated heterocycles. The van der Waals surface area contributed by atoms with E-state index in [0.29, 0.717) is 5.69 Å². The van der Waals surface area contributed by atoms with Crippen molar-refractivity contribution < 1.29 is 23.9 Å². The van der Waals surface area contributed by atoms with Crippen LogP contribution in [-0.2, 0) is 4.74 Å². The lowest BCUT2D eigenvalue weighted by molar-refractivity contribution is 0.0390. The Bertz CT molecular complexity index is 2840.